The van der Waals surface area contributed by atoms with Gasteiger partial charge in [0, 0.05) is 18.8 Å². The van der Waals surface area contributed by atoms with Gasteiger partial charge in [-0.25, -0.2) is 9.78 Å². The van der Waals surface area contributed by atoms with E-state index in [1.165, 1.54) is 16.8 Å². The molecule has 158 valence electrons. The van der Waals surface area contributed by atoms with Gasteiger partial charge in [-0.1, -0.05) is 49.4 Å². The molecule has 2 aromatic heterocycles. The van der Waals surface area contributed by atoms with Gasteiger partial charge in [-0.3, -0.25) is 24.0 Å². The fraction of sp³-hybridized carbons (Fsp3) is 0.217. The number of hydrogen-bond acceptors (Lipinski definition) is 4. The number of imidazole rings is 1. The molecule has 8 heteroatoms. The molecule has 0 aliphatic heterocycles. The molecule has 0 saturated carbocycles. The van der Waals surface area contributed by atoms with E-state index in [1.54, 1.807) is 0 Å². The lowest BCUT2D eigenvalue weighted by atomic mass is 10.2. The van der Waals surface area contributed by atoms with Crippen LogP contribution in [-0.2, 0) is 24.4 Å². The van der Waals surface area contributed by atoms with E-state index in [0.717, 1.165) is 27.6 Å². The number of aryl methyl sites for hydroxylation is 1. The number of carbonyl (C=O) groups excluding carboxylic acids is 1. The summed E-state index contributed by atoms with van der Waals surface area (Å²) in [5.74, 6) is -0.0778. The second kappa shape index (κ2) is 8.83. The summed E-state index contributed by atoms with van der Waals surface area (Å²) in [7, 11) is 0. The first kappa shape index (κ1) is 20.3. The van der Waals surface area contributed by atoms with Gasteiger partial charge in [0.2, 0.25) is 11.9 Å². The predicted octanol–water partition coefficient (Wildman–Crippen LogP) is 2.46. The molecule has 0 saturated heterocycles. The fourth-order valence-corrected chi connectivity index (χ4v) is 3.53. The van der Waals surface area contributed by atoms with Crippen LogP contribution in [0.4, 0.5) is 5.95 Å². The van der Waals surface area contributed by atoms with E-state index < -0.39 is 17.2 Å². The van der Waals surface area contributed by atoms with E-state index in [4.69, 9.17) is 0 Å². The lowest BCUT2D eigenvalue weighted by molar-refractivity contribution is -0.116. The Labute approximate surface area is 178 Å². The minimum atomic E-state index is -0.534. The first-order chi connectivity index (χ1) is 15.1. The maximum Gasteiger partial charge on any atom is 0.331 e. The number of nitrogens with one attached hydrogen (secondary N) is 1. The minimum Gasteiger partial charge on any atom is -0.310 e. The van der Waals surface area contributed by atoms with Gasteiger partial charge < -0.3 is 4.57 Å². The van der Waals surface area contributed by atoms with Crippen molar-refractivity contribution in [3.05, 3.63) is 93.3 Å². The number of nitrogens with zero attached hydrogens (tertiary/aromatic N) is 4. The molecular weight excluding hydrogens is 394 g/mol. The number of hydrogen-bond donors (Lipinski definition) is 1. The van der Waals surface area contributed by atoms with Gasteiger partial charge in [0.1, 0.15) is 6.54 Å². The topological polar surface area (TPSA) is 90.9 Å². The van der Waals surface area contributed by atoms with E-state index in [-0.39, 0.29) is 6.54 Å². The highest BCUT2D eigenvalue weighted by Gasteiger charge is 2.15. The van der Waals surface area contributed by atoms with Crippen molar-refractivity contribution in [1.29, 1.82) is 0 Å². The Hall–Kier alpha value is -3.94. The lowest BCUT2D eigenvalue weighted by Gasteiger charge is -2.11. The van der Waals surface area contributed by atoms with Gasteiger partial charge in [-0.15, -0.1) is 0 Å². The molecule has 1 N–H and O–H groups in total. The molecule has 0 spiro atoms. The highest BCUT2D eigenvalue weighted by molar-refractivity contribution is 5.91. The van der Waals surface area contributed by atoms with Gasteiger partial charge in [-0.2, -0.15) is 0 Å². The highest BCUT2D eigenvalue weighted by atomic mass is 16.2. The molecule has 0 radical (unpaired) electrons. The Morgan fingerprint density at radius 2 is 1.71 bits per heavy atom. The van der Waals surface area contributed by atoms with Crippen molar-refractivity contribution in [3.8, 4) is 0 Å². The first-order valence-electron chi connectivity index (χ1n) is 10.2. The van der Waals surface area contributed by atoms with Crippen LogP contribution in [0.3, 0.4) is 0 Å². The van der Waals surface area contributed by atoms with Crippen molar-refractivity contribution in [2.45, 2.75) is 33.0 Å². The summed E-state index contributed by atoms with van der Waals surface area (Å²) >= 11 is 0. The van der Waals surface area contributed by atoms with Crippen LogP contribution in [-0.4, -0.2) is 24.6 Å². The monoisotopic (exact) mass is 417 g/mol. The SMILES string of the molecule is CCCn1c(NC(=O)Cn2c(=O)ccn(Cc3ccccc3)c2=O)nc2ccccc21. The Morgan fingerprint density at radius 1 is 0.968 bits per heavy atom. The number of para-hydroxylation sites is 2. The van der Waals surface area contributed by atoms with Crippen molar-refractivity contribution in [3.63, 3.8) is 0 Å². The van der Waals surface area contributed by atoms with Gasteiger partial charge >= 0.3 is 5.69 Å². The van der Waals surface area contributed by atoms with Crippen molar-refractivity contribution < 1.29 is 4.79 Å². The summed E-state index contributed by atoms with van der Waals surface area (Å²) in [5.41, 5.74) is 1.56. The average molecular weight is 417 g/mol. The van der Waals surface area contributed by atoms with Crippen molar-refractivity contribution in [2.24, 2.45) is 0 Å². The van der Waals surface area contributed by atoms with Crippen molar-refractivity contribution in [2.75, 3.05) is 5.32 Å². The molecule has 1 amide bonds. The summed E-state index contributed by atoms with van der Waals surface area (Å²) in [6.07, 6.45) is 2.32. The summed E-state index contributed by atoms with van der Waals surface area (Å²) in [6.45, 7) is 2.65. The molecule has 0 aliphatic rings. The zero-order valence-corrected chi connectivity index (χ0v) is 17.2. The van der Waals surface area contributed by atoms with Crippen molar-refractivity contribution >= 4 is 22.9 Å². The summed E-state index contributed by atoms with van der Waals surface area (Å²) in [4.78, 5) is 42.3. The molecule has 2 aromatic carbocycles. The first-order valence-corrected chi connectivity index (χ1v) is 10.2. The zero-order chi connectivity index (χ0) is 21.8. The molecule has 4 rings (SSSR count). The Balaban J connectivity index is 1.59. The minimum absolute atomic E-state index is 0.313. The number of carbonyl (C=O) groups is 1. The number of rotatable bonds is 7. The van der Waals surface area contributed by atoms with E-state index >= 15 is 0 Å². The Kier molecular flexibility index (Phi) is 5.79. The standard InChI is InChI=1S/C23H23N5O3/c1-2-13-27-19-11-7-6-10-18(19)24-22(27)25-20(29)16-28-21(30)12-14-26(23(28)31)15-17-8-4-3-5-9-17/h3-12,14H,2,13,15-16H2,1H3,(H,24,25,29). The number of fused-ring (bicyclic) bond motifs is 1. The normalized spacial score (nSPS) is 11.0. The molecular formula is C23H23N5O3. The second-order valence-corrected chi connectivity index (χ2v) is 7.26. The van der Waals surface area contributed by atoms with Crippen LogP contribution in [0.2, 0.25) is 0 Å². The molecule has 0 unspecified atom stereocenters. The quantitative estimate of drug-likeness (QED) is 0.500. The average Bonchev–Trinajstić information content (AvgIpc) is 3.11. The van der Waals surface area contributed by atoms with Gasteiger partial charge in [0.25, 0.3) is 5.56 Å². The maximum absolute atomic E-state index is 12.8. The molecule has 4 aromatic rings. The third-order valence-corrected chi connectivity index (χ3v) is 4.99. The third-order valence-electron chi connectivity index (χ3n) is 4.99. The molecule has 8 nitrogen and oxygen atoms in total. The van der Waals surface area contributed by atoms with E-state index in [0.29, 0.717) is 19.0 Å². The van der Waals surface area contributed by atoms with E-state index in [9.17, 15) is 14.4 Å². The number of anilines is 1. The lowest BCUT2D eigenvalue weighted by Crippen LogP contribution is -2.42. The Morgan fingerprint density at radius 3 is 2.48 bits per heavy atom. The van der Waals surface area contributed by atoms with Crippen LogP contribution < -0.4 is 16.6 Å². The molecule has 0 aliphatic carbocycles. The number of benzene rings is 2. The molecule has 0 fully saturated rings. The maximum atomic E-state index is 12.8. The highest BCUT2D eigenvalue weighted by Crippen LogP contribution is 2.20. The van der Waals surface area contributed by atoms with Crippen LogP contribution in [0, 0.1) is 0 Å². The number of aromatic nitrogens is 4. The summed E-state index contributed by atoms with van der Waals surface area (Å²) < 4.78 is 4.27. The van der Waals surface area contributed by atoms with Gasteiger partial charge in [0.05, 0.1) is 17.6 Å². The predicted molar refractivity (Wildman–Crippen MR) is 119 cm³/mol. The molecule has 0 bridgehead atoms. The van der Waals surface area contributed by atoms with Crippen LogP contribution in [0.1, 0.15) is 18.9 Å². The van der Waals surface area contributed by atoms with E-state index in [2.05, 4.69) is 10.3 Å². The molecule has 31 heavy (non-hydrogen) atoms. The fourth-order valence-electron chi connectivity index (χ4n) is 3.53. The van der Waals surface area contributed by atoms with Crippen LogP contribution in [0.15, 0.2) is 76.4 Å². The smallest absolute Gasteiger partial charge is 0.310 e. The van der Waals surface area contributed by atoms with E-state index in [1.807, 2.05) is 66.1 Å². The number of amides is 1. The second-order valence-electron chi connectivity index (χ2n) is 7.26. The van der Waals surface area contributed by atoms with Crippen molar-refractivity contribution in [1.82, 2.24) is 18.7 Å². The van der Waals surface area contributed by atoms with Gasteiger partial charge in [0.15, 0.2) is 0 Å². The van der Waals surface area contributed by atoms with Crippen LogP contribution >= 0.6 is 0 Å². The molecule has 2 heterocycles. The van der Waals surface area contributed by atoms with Crippen LogP contribution in [0.25, 0.3) is 11.0 Å². The molecule has 0 atom stereocenters. The summed E-state index contributed by atoms with van der Waals surface area (Å²) in [5, 5.41) is 2.76. The van der Waals surface area contributed by atoms with Crippen LogP contribution in [0.5, 0.6) is 0 Å². The largest absolute Gasteiger partial charge is 0.331 e. The van der Waals surface area contributed by atoms with Gasteiger partial charge in [-0.05, 0) is 24.1 Å². The third kappa shape index (κ3) is 4.32. The zero-order valence-electron chi connectivity index (χ0n) is 17.2. The Bertz CT molecular complexity index is 1330. The summed E-state index contributed by atoms with van der Waals surface area (Å²) in [6, 6.07) is 18.4.